The quantitative estimate of drug-likeness (QED) is 0.255. The number of nitrogens with zero attached hydrogens (tertiary/aromatic N) is 2. The molecule has 0 aliphatic heterocycles. The van der Waals surface area contributed by atoms with Crippen molar-refractivity contribution in [3.8, 4) is 17.5 Å². The first-order valence-electron chi connectivity index (χ1n) is 11.1. The second-order valence-corrected chi connectivity index (χ2v) is 9.08. The number of nitriles is 1. The van der Waals surface area contributed by atoms with Crippen molar-refractivity contribution in [3.63, 3.8) is 0 Å². The Labute approximate surface area is 219 Å². The number of hydrogen-bond acceptors (Lipinski definition) is 3. The summed E-state index contributed by atoms with van der Waals surface area (Å²) < 4.78 is 7.99. The van der Waals surface area contributed by atoms with Crippen LogP contribution in [-0.2, 0) is 6.61 Å². The van der Waals surface area contributed by atoms with Gasteiger partial charge in [0.2, 0.25) is 0 Å². The molecule has 4 aromatic rings. The molecule has 1 N–H and O–H groups in total. The maximum Gasteiger partial charge on any atom is 0.335 e. The summed E-state index contributed by atoms with van der Waals surface area (Å²) in [6.45, 7) is 4.33. The Balaban J connectivity index is 1.55. The minimum absolute atomic E-state index is 0.179. The van der Waals surface area contributed by atoms with Crippen molar-refractivity contribution in [2.75, 3.05) is 0 Å². The van der Waals surface area contributed by atoms with E-state index in [-0.39, 0.29) is 5.56 Å². The Kier molecular flexibility index (Phi) is 7.49. The summed E-state index contributed by atoms with van der Waals surface area (Å²) in [7, 11) is 0. The molecule has 0 bridgehead atoms. The van der Waals surface area contributed by atoms with Gasteiger partial charge in [-0.05, 0) is 85.6 Å². The normalized spacial score (nSPS) is 11.2. The van der Waals surface area contributed by atoms with Crippen LogP contribution in [-0.4, -0.2) is 15.6 Å². The van der Waals surface area contributed by atoms with Gasteiger partial charge in [-0.25, -0.2) is 4.79 Å². The zero-order valence-corrected chi connectivity index (χ0v) is 21.1. The number of carbonyl (C=O) groups is 1. The van der Waals surface area contributed by atoms with E-state index in [1.807, 2.05) is 56.3 Å². The molecule has 5 nitrogen and oxygen atoms in total. The average molecular weight is 517 g/mol. The molecule has 0 spiro atoms. The summed E-state index contributed by atoms with van der Waals surface area (Å²) in [5.74, 6) is -0.290. The Morgan fingerprint density at radius 3 is 2.28 bits per heavy atom. The summed E-state index contributed by atoms with van der Waals surface area (Å²) in [4.78, 5) is 11.1. The first-order valence-corrected chi connectivity index (χ1v) is 11.8. The topological polar surface area (TPSA) is 75.3 Å². The number of aromatic carboxylic acids is 1. The molecule has 0 saturated carbocycles. The van der Waals surface area contributed by atoms with Crippen LogP contribution in [0.25, 0.3) is 17.3 Å². The Hall–Kier alpha value is -3.98. The first kappa shape index (κ1) is 25.1. The van der Waals surface area contributed by atoms with Crippen LogP contribution in [0, 0.1) is 25.2 Å². The Bertz CT molecular complexity index is 1500. The molecule has 0 aliphatic carbocycles. The second-order valence-electron chi connectivity index (χ2n) is 8.23. The molecular formula is C29H22Cl2N2O3. The Morgan fingerprint density at radius 1 is 1.00 bits per heavy atom. The highest BCUT2D eigenvalue weighted by atomic mass is 35.5. The van der Waals surface area contributed by atoms with Crippen LogP contribution in [0.4, 0.5) is 0 Å². The van der Waals surface area contributed by atoms with E-state index >= 15 is 0 Å². The van der Waals surface area contributed by atoms with Gasteiger partial charge >= 0.3 is 5.97 Å². The van der Waals surface area contributed by atoms with Crippen molar-refractivity contribution in [2.24, 2.45) is 0 Å². The first-order chi connectivity index (χ1) is 17.3. The number of rotatable bonds is 7. The van der Waals surface area contributed by atoms with Gasteiger partial charge in [-0.15, -0.1) is 0 Å². The van der Waals surface area contributed by atoms with Crippen molar-refractivity contribution in [1.29, 1.82) is 5.26 Å². The molecule has 7 heteroatoms. The number of hydrogen-bond donors (Lipinski definition) is 1. The maximum absolute atomic E-state index is 11.1. The fourth-order valence-corrected chi connectivity index (χ4v) is 4.41. The summed E-state index contributed by atoms with van der Waals surface area (Å²) in [5, 5.41) is 20.0. The summed E-state index contributed by atoms with van der Waals surface area (Å²) in [6, 6.07) is 23.6. The lowest BCUT2D eigenvalue weighted by Crippen LogP contribution is -2.00. The highest BCUT2D eigenvalue weighted by Gasteiger charge is 2.12. The van der Waals surface area contributed by atoms with Crippen LogP contribution < -0.4 is 4.74 Å². The highest BCUT2D eigenvalue weighted by molar-refractivity contribution is 6.35. The molecular weight excluding hydrogens is 495 g/mol. The molecule has 3 aromatic carbocycles. The molecule has 0 amide bonds. The van der Waals surface area contributed by atoms with Crippen molar-refractivity contribution in [1.82, 2.24) is 4.57 Å². The number of aryl methyl sites for hydroxylation is 1. The van der Waals surface area contributed by atoms with Crippen molar-refractivity contribution in [3.05, 3.63) is 116 Å². The molecule has 0 unspecified atom stereocenters. The summed E-state index contributed by atoms with van der Waals surface area (Å²) in [5.41, 5.74) is 6.01. The number of allylic oxidation sites excluding steroid dienone is 1. The summed E-state index contributed by atoms with van der Waals surface area (Å²) in [6.07, 6.45) is 1.82. The van der Waals surface area contributed by atoms with E-state index < -0.39 is 5.97 Å². The van der Waals surface area contributed by atoms with Gasteiger partial charge in [0, 0.05) is 32.7 Å². The molecule has 1 heterocycles. The lowest BCUT2D eigenvalue weighted by molar-refractivity contribution is 0.0697. The molecule has 0 saturated heterocycles. The third-order valence-corrected chi connectivity index (χ3v) is 6.42. The number of carboxylic acids is 1. The van der Waals surface area contributed by atoms with Gasteiger partial charge in [0.1, 0.15) is 12.4 Å². The van der Waals surface area contributed by atoms with Crippen LogP contribution in [0.1, 0.15) is 38.4 Å². The zero-order valence-electron chi connectivity index (χ0n) is 19.6. The average Bonchev–Trinajstić information content (AvgIpc) is 3.14. The van der Waals surface area contributed by atoms with Gasteiger partial charge in [-0.1, -0.05) is 41.4 Å². The number of ether oxygens (including phenoxy) is 1. The van der Waals surface area contributed by atoms with Crippen molar-refractivity contribution in [2.45, 2.75) is 20.5 Å². The third-order valence-electron chi connectivity index (χ3n) is 5.84. The number of halogens is 2. The van der Waals surface area contributed by atoms with E-state index in [4.69, 9.17) is 33.0 Å². The SMILES string of the molecule is Cc1cc(/C=C(/C#N)c2ccc(C(=O)O)cc2)c(C)n1-c1ccc(OCc2ccc(Cl)cc2Cl)cc1. The molecule has 0 atom stereocenters. The molecule has 4 rings (SSSR count). The lowest BCUT2D eigenvalue weighted by atomic mass is 10.0. The van der Waals surface area contributed by atoms with Crippen molar-refractivity contribution >= 4 is 40.8 Å². The standard InChI is InChI=1S/C29H22Cl2N2O3/c1-18-13-23(14-24(16-32)20-3-5-21(6-4-20)29(34)35)19(2)33(18)26-9-11-27(12-10-26)36-17-22-7-8-25(30)15-28(22)31/h3-15H,17H2,1-2H3,(H,34,35)/b24-14-. The lowest BCUT2D eigenvalue weighted by Gasteiger charge is -2.12. The number of benzene rings is 3. The zero-order chi connectivity index (χ0) is 25.8. The van der Waals surface area contributed by atoms with Crippen LogP contribution in [0.2, 0.25) is 10.0 Å². The van der Waals surface area contributed by atoms with Crippen LogP contribution in [0.5, 0.6) is 5.75 Å². The van der Waals surface area contributed by atoms with E-state index in [0.717, 1.165) is 28.2 Å². The van der Waals surface area contributed by atoms with E-state index in [1.54, 1.807) is 24.3 Å². The molecule has 1 aromatic heterocycles. The monoisotopic (exact) mass is 516 g/mol. The largest absolute Gasteiger partial charge is 0.489 e. The number of carboxylic acid groups (broad SMARTS) is 1. The van der Waals surface area contributed by atoms with Gasteiger partial charge in [0.15, 0.2) is 0 Å². The molecule has 0 aliphatic rings. The second kappa shape index (κ2) is 10.7. The fourth-order valence-electron chi connectivity index (χ4n) is 3.95. The smallest absolute Gasteiger partial charge is 0.335 e. The van der Waals surface area contributed by atoms with Gasteiger partial charge in [-0.3, -0.25) is 0 Å². The number of aromatic nitrogens is 1. The van der Waals surface area contributed by atoms with E-state index in [1.165, 1.54) is 12.1 Å². The van der Waals surface area contributed by atoms with Crippen LogP contribution >= 0.6 is 23.2 Å². The molecule has 36 heavy (non-hydrogen) atoms. The van der Waals surface area contributed by atoms with Gasteiger partial charge in [0.25, 0.3) is 0 Å². The van der Waals surface area contributed by atoms with Gasteiger partial charge in [-0.2, -0.15) is 5.26 Å². The maximum atomic E-state index is 11.1. The van der Waals surface area contributed by atoms with E-state index in [9.17, 15) is 10.1 Å². The minimum atomic E-state index is -1.00. The van der Waals surface area contributed by atoms with E-state index in [0.29, 0.717) is 33.5 Å². The molecule has 0 radical (unpaired) electrons. The minimum Gasteiger partial charge on any atom is -0.489 e. The fraction of sp³-hybridized carbons (Fsp3) is 0.103. The Morgan fingerprint density at radius 2 is 1.67 bits per heavy atom. The highest BCUT2D eigenvalue weighted by Crippen LogP contribution is 2.27. The molecule has 0 fully saturated rings. The van der Waals surface area contributed by atoms with Gasteiger partial charge in [0.05, 0.1) is 17.2 Å². The van der Waals surface area contributed by atoms with Crippen LogP contribution in [0.3, 0.4) is 0 Å². The van der Waals surface area contributed by atoms with Gasteiger partial charge < -0.3 is 14.4 Å². The summed E-state index contributed by atoms with van der Waals surface area (Å²) >= 11 is 12.2. The third kappa shape index (κ3) is 5.46. The predicted octanol–water partition coefficient (Wildman–Crippen LogP) is 7.74. The predicted molar refractivity (Wildman–Crippen MR) is 143 cm³/mol. The molecule has 180 valence electrons. The van der Waals surface area contributed by atoms with Crippen molar-refractivity contribution < 1.29 is 14.6 Å². The van der Waals surface area contributed by atoms with E-state index in [2.05, 4.69) is 10.6 Å². The van der Waals surface area contributed by atoms with Crippen LogP contribution in [0.15, 0.2) is 72.8 Å².